The third kappa shape index (κ3) is 3.47. The van der Waals surface area contributed by atoms with Gasteiger partial charge in [-0.15, -0.1) is 0 Å². The Morgan fingerprint density at radius 1 is 0.667 bits per heavy atom. The van der Waals surface area contributed by atoms with E-state index < -0.39 is 0 Å². The molecule has 8 rings (SSSR count). The van der Waals surface area contributed by atoms with Crippen LogP contribution in [0.3, 0.4) is 0 Å². The number of nitrogens with zero attached hydrogens (tertiary/aromatic N) is 4. The number of piperidine rings is 3. The minimum Gasteiger partial charge on any atom is -0.350 e. The predicted molar refractivity (Wildman–Crippen MR) is 134 cm³/mol. The van der Waals surface area contributed by atoms with Gasteiger partial charge in [-0.05, 0) is 88.4 Å². The van der Waals surface area contributed by atoms with Gasteiger partial charge in [0, 0.05) is 35.8 Å². The van der Waals surface area contributed by atoms with Gasteiger partial charge in [0.25, 0.3) is 0 Å². The summed E-state index contributed by atoms with van der Waals surface area (Å²) >= 11 is 0. The molecule has 6 fully saturated rings. The molecule has 6 aliphatic rings. The van der Waals surface area contributed by atoms with Crippen LogP contribution in [0, 0.1) is 23.7 Å². The average molecular weight is 443 g/mol. The molecule has 4 heteroatoms. The zero-order valence-corrected chi connectivity index (χ0v) is 20.2. The number of hydrogen-bond donors (Lipinski definition) is 0. The van der Waals surface area contributed by atoms with Crippen LogP contribution in [0.25, 0.3) is 11.3 Å². The summed E-state index contributed by atoms with van der Waals surface area (Å²) < 4.78 is 0. The zero-order chi connectivity index (χ0) is 22.1. The molecule has 4 unspecified atom stereocenters. The van der Waals surface area contributed by atoms with Gasteiger partial charge in [0.15, 0.2) is 0 Å². The van der Waals surface area contributed by atoms with Crippen LogP contribution < -0.4 is 9.80 Å². The van der Waals surface area contributed by atoms with Gasteiger partial charge in [0.2, 0.25) is 5.95 Å². The van der Waals surface area contributed by atoms with Crippen LogP contribution in [0.4, 0.5) is 11.8 Å². The molecule has 4 nitrogen and oxygen atoms in total. The smallest absolute Gasteiger partial charge is 0.228 e. The lowest BCUT2D eigenvalue weighted by Crippen LogP contribution is -2.58. The lowest BCUT2D eigenvalue weighted by molar-refractivity contribution is 0.0892. The quantitative estimate of drug-likeness (QED) is 0.557. The van der Waals surface area contributed by atoms with E-state index in [2.05, 4.69) is 60.0 Å². The highest BCUT2D eigenvalue weighted by molar-refractivity contribution is 5.66. The molecule has 3 saturated carbocycles. The van der Waals surface area contributed by atoms with Gasteiger partial charge in [-0.25, -0.2) is 4.98 Å². The molecule has 4 heterocycles. The molecule has 3 saturated heterocycles. The van der Waals surface area contributed by atoms with E-state index in [9.17, 15) is 0 Å². The second-order valence-corrected chi connectivity index (χ2v) is 12.2. The Labute approximate surface area is 198 Å². The van der Waals surface area contributed by atoms with E-state index in [1.807, 2.05) is 0 Å². The van der Waals surface area contributed by atoms with Crippen LogP contribution in [0.5, 0.6) is 0 Å². The van der Waals surface area contributed by atoms with Gasteiger partial charge < -0.3 is 9.80 Å². The van der Waals surface area contributed by atoms with Crippen molar-refractivity contribution < 1.29 is 0 Å². The highest BCUT2D eigenvalue weighted by Gasteiger charge is 2.48. The van der Waals surface area contributed by atoms with Gasteiger partial charge in [0.1, 0.15) is 5.82 Å². The van der Waals surface area contributed by atoms with Crippen LogP contribution in [0.2, 0.25) is 0 Å². The highest BCUT2D eigenvalue weighted by Crippen LogP contribution is 2.51. The molecule has 0 N–H and O–H groups in total. The zero-order valence-electron chi connectivity index (χ0n) is 20.2. The maximum absolute atomic E-state index is 5.39. The maximum Gasteiger partial charge on any atom is 0.228 e. The van der Waals surface area contributed by atoms with Crippen LogP contribution >= 0.6 is 0 Å². The van der Waals surface area contributed by atoms with E-state index in [-0.39, 0.29) is 0 Å². The van der Waals surface area contributed by atoms with Gasteiger partial charge in [-0.2, -0.15) is 4.98 Å². The van der Waals surface area contributed by atoms with E-state index in [0.29, 0.717) is 24.2 Å². The van der Waals surface area contributed by atoms with E-state index in [1.165, 1.54) is 69.2 Å². The first kappa shape index (κ1) is 20.3. The molecule has 2 aromatic rings. The third-order valence-corrected chi connectivity index (χ3v) is 9.70. The van der Waals surface area contributed by atoms with Crippen molar-refractivity contribution in [2.24, 2.45) is 23.7 Å². The lowest BCUT2D eigenvalue weighted by Gasteiger charge is -2.57. The van der Waals surface area contributed by atoms with Gasteiger partial charge >= 0.3 is 0 Å². The molecule has 3 aliphatic heterocycles. The molecule has 1 aromatic heterocycles. The van der Waals surface area contributed by atoms with Crippen LogP contribution in [-0.2, 0) is 0 Å². The maximum atomic E-state index is 5.39. The Morgan fingerprint density at radius 2 is 1.30 bits per heavy atom. The molecule has 0 radical (unpaired) electrons. The SMILES string of the molecule is CC1CC2CC(C)N(c3nc(-c4ccccc4)cc(N4C5CC6CC(C5)CC4C6)n3)C(C1)C2. The lowest BCUT2D eigenvalue weighted by atomic mass is 9.63. The first-order valence-corrected chi connectivity index (χ1v) is 13.6. The summed E-state index contributed by atoms with van der Waals surface area (Å²) in [7, 11) is 0. The fourth-order valence-electron chi connectivity index (χ4n) is 8.78. The van der Waals surface area contributed by atoms with Crippen molar-refractivity contribution in [1.82, 2.24) is 9.97 Å². The van der Waals surface area contributed by atoms with Crippen molar-refractivity contribution in [3.05, 3.63) is 36.4 Å². The van der Waals surface area contributed by atoms with E-state index in [0.717, 1.165) is 35.3 Å². The standard InChI is InChI=1S/C29H38N4/c1-18-8-20-10-19(2)32(24(9-18)12-20)29-30-27(23-6-4-3-5-7-23)17-28(31-29)33-25-13-21-11-22(15-25)16-26(33)14-21/h3-7,17-22,24-26H,8-16H2,1-2H3. The van der Waals surface area contributed by atoms with Crippen LogP contribution in [0.15, 0.2) is 36.4 Å². The summed E-state index contributed by atoms with van der Waals surface area (Å²) in [6.07, 6.45) is 12.3. The first-order valence-electron chi connectivity index (χ1n) is 13.6. The molecule has 3 aliphatic carbocycles. The second kappa shape index (κ2) is 7.71. The Morgan fingerprint density at radius 3 is 2.00 bits per heavy atom. The molecule has 33 heavy (non-hydrogen) atoms. The van der Waals surface area contributed by atoms with Crippen LogP contribution in [-0.4, -0.2) is 34.1 Å². The minimum atomic E-state index is 0.522. The summed E-state index contributed by atoms with van der Waals surface area (Å²) in [5.74, 6) is 5.81. The fraction of sp³-hybridized carbons (Fsp3) is 0.655. The van der Waals surface area contributed by atoms with Crippen molar-refractivity contribution in [1.29, 1.82) is 0 Å². The van der Waals surface area contributed by atoms with Crippen LogP contribution in [0.1, 0.15) is 71.6 Å². The predicted octanol–water partition coefficient (Wildman–Crippen LogP) is 6.31. The first-order chi connectivity index (χ1) is 16.1. The number of hydrogen-bond acceptors (Lipinski definition) is 4. The Kier molecular flexibility index (Phi) is 4.74. The monoisotopic (exact) mass is 442 g/mol. The molecule has 1 aromatic carbocycles. The molecule has 0 amide bonds. The Bertz CT molecular complexity index is 988. The van der Waals surface area contributed by atoms with Gasteiger partial charge in [-0.1, -0.05) is 37.3 Å². The van der Waals surface area contributed by atoms with Crippen molar-refractivity contribution in [3.63, 3.8) is 0 Å². The Hall–Kier alpha value is -2.10. The topological polar surface area (TPSA) is 32.3 Å². The van der Waals surface area contributed by atoms with Crippen molar-refractivity contribution in [3.8, 4) is 11.3 Å². The average Bonchev–Trinajstić information content (AvgIpc) is 2.78. The highest BCUT2D eigenvalue weighted by atomic mass is 15.3. The summed E-state index contributed by atoms with van der Waals surface area (Å²) in [5, 5.41) is 0. The molecule has 0 spiro atoms. The minimum absolute atomic E-state index is 0.522. The van der Waals surface area contributed by atoms with E-state index in [4.69, 9.17) is 9.97 Å². The molecular formula is C29H38N4. The fourth-order valence-corrected chi connectivity index (χ4v) is 8.78. The molecule has 4 atom stereocenters. The summed E-state index contributed by atoms with van der Waals surface area (Å²) in [6, 6.07) is 15.6. The van der Waals surface area contributed by atoms with Gasteiger partial charge in [-0.3, -0.25) is 0 Å². The van der Waals surface area contributed by atoms with E-state index in [1.54, 1.807) is 0 Å². The summed E-state index contributed by atoms with van der Waals surface area (Å²) in [5.41, 5.74) is 2.31. The number of rotatable bonds is 3. The normalized spacial score (nSPS) is 39.2. The van der Waals surface area contributed by atoms with E-state index >= 15 is 0 Å². The number of aromatic nitrogens is 2. The largest absolute Gasteiger partial charge is 0.350 e. The van der Waals surface area contributed by atoms with Crippen molar-refractivity contribution in [2.45, 2.75) is 95.8 Å². The summed E-state index contributed by atoms with van der Waals surface area (Å²) in [6.45, 7) is 4.86. The number of fused-ring (bicyclic) bond motifs is 2. The Balaban J connectivity index is 1.32. The molecular weight excluding hydrogens is 404 g/mol. The van der Waals surface area contributed by atoms with Crippen molar-refractivity contribution >= 4 is 11.8 Å². The molecule has 174 valence electrons. The van der Waals surface area contributed by atoms with Crippen molar-refractivity contribution in [2.75, 3.05) is 9.80 Å². The second-order valence-electron chi connectivity index (χ2n) is 12.2. The number of benzene rings is 1. The number of anilines is 2. The molecule has 6 bridgehead atoms. The summed E-state index contributed by atoms with van der Waals surface area (Å²) in [4.78, 5) is 16.0. The van der Waals surface area contributed by atoms with Gasteiger partial charge in [0.05, 0.1) is 5.69 Å². The third-order valence-electron chi connectivity index (χ3n) is 9.70.